The number of nitrogens with one attached hydrogen (secondary N) is 1. The van der Waals surface area contributed by atoms with Crippen molar-refractivity contribution in [3.05, 3.63) is 42.5 Å². The molecule has 0 aliphatic heterocycles. The molecule has 18 heavy (non-hydrogen) atoms. The molecule has 1 amide bonds. The largest absolute Gasteiger partial charge is 0.442 e. The Kier molecular flexibility index (Phi) is 3.70. The van der Waals surface area contributed by atoms with Gasteiger partial charge >= 0.3 is 6.09 Å². The molecule has 1 aliphatic rings. The Morgan fingerprint density at radius 3 is 2.67 bits per heavy atom. The van der Waals surface area contributed by atoms with Gasteiger partial charge in [-0.05, 0) is 36.5 Å². The predicted octanol–water partition coefficient (Wildman–Crippen LogP) is 3.98. The van der Waals surface area contributed by atoms with E-state index in [0.29, 0.717) is 0 Å². The molecule has 0 radical (unpaired) electrons. The van der Waals surface area contributed by atoms with Gasteiger partial charge in [0.05, 0.1) is 0 Å². The molecule has 96 valence electrons. The number of carbonyl (C=O) groups is 1. The number of para-hydroxylation sites is 1. The maximum absolute atomic E-state index is 11.7. The lowest BCUT2D eigenvalue weighted by atomic mass is 9.82. The summed E-state index contributed by atoms with van der Waals surface area (Å²) in [6, 6.07) is 9.32. The molecule has 3 nitrogen and oxygen atoms in total. The number of benzene rings is 1. The Morgan fingerprint density at radius 2 is 2.06 bits per heavy atom. The van der Waals surface area contributed by atoms with Gasteiger partial charge in [-0.15, -0.1) is 0 Å². The third kappa shape index (κ3) is 3.62. The van der Waals surface area contributed by atoms with Crippen molar-refractivity contribution in [3.8, 4) is 0 Å². The molecule has 3 heteroatoms. The van der Waals surface area contributed by atoms with Crippen LogP contribution in [0.4, 0.5) is 10.5 Å². The smallest absolute Gasteiger partial charge is 0.412 e. The van der Waals surface area contributed by atoms with E-state index < -0.39 is 6.09 Å². The Morgan fingerprint density at radius 1 is 1.33 bits per heavy atom. The molecule has 0 saturated heterocycles. The fraction of sp³-hybridized carbons (Fsp3) is 0.400. The SMILES string of the molecule is CC1(C)C=CC(OC(=O)Nc2ccccc2)CC1. The molecule has 1 aromatic rings. The Labute approximate surface area is 108 Å². The second-order valence-corrected chi connectivity index (χ2v) is 5.32. The highest BCUT2D eigenvalue weighted by Crippen LogP contribution is 2.30. The molecule has 1 aromatic carbocycles. The fourth-order valence-corrected chi connectivity index (χ4v) is 1.97. The van der Waals surface area contributed by atoms with E-state index >= 15 is 0 Å². The minimum Gasteiger partial charge on any atom is -0.442 e. The quantitative estimate of drug-likeness (QED) is 0.800. The summed E-state index contributed by atoms with van der Waals surface area (Å²) >= 11 is 0. The van der Waals surface area contributed by atoms with Gasteiger partial charge in [0.1, 0.15) is 6.10 Å². The first-order valence-electron chi connectivity index (χ1n) is 6.27. The average Bonchev–Trinajstić information content (AvgIpc) is 2.33. The first-order chi connectivity index (χ1) is 8.55. The van der Waals surface area contributed by atoms with E-state index in [-0.39, 0.29) is 11.5 Å². The topological polar surface area (TPSA) is 38.3 Å². The number of anilines is 1. The van der Waals surface area contributed by atoms with Gasteiger partial charge in [-0.25, -0.2) is 4.79 Å². The van der Waals surface area contributed by atoms with Crippen molar-refractivity contribution < 1.29 is 9.53 Å². The molecule has 1 atom stereocenters. The Balaban J connectivity index is 1.86. The highest BCUT2D eigenvalue weighted by atomic mass is 16.6. The lowest BCUT2D eigenvalue weighted by Crippen LogP contribution is -2.26. The fourth-order valence-electron chi connectivity index (χ4n) is 1.97. The minimum atomic E-state index is -0.393. The summed E-state index contributed by atoms with van der Waals surface area (Å²) in [5.41, 5.74) is 0.970. The van der Waals surface area contributed by atoms with E-state index in [1.807, 2.05) is 36.4 Å². The van der Waals surface area contributed by atoms with E-state index in [1.165, 1.54) is 0 Å². The molecular weight excluding hydrogens is 226 g/mol. The van der Waals surface area contributed by atoms with E-state index in [4.69, 9.17) is 4.74 Å². The second-order valence-electron chi connectivity index (χ2n) is 5.32. The monoisotopic (exact) mass is 245 g/mol. The number of hydrogen-bond acceptors (Lipinski definition) is 2. The molecule has 0 bridgehead atoms. The number of carbonyl (C=O) groups excluding carboxylic acids is 1. The number of rotatable bonds is 2. The van der Waals surface area contributed by atoms with Crippen LogP contribution in [-0.4, -0.2) is 12.2 Å². The Hall–Kier alpha value is -1.77. The van der Waals surface area contributed by atoms with Crippen LogP contribution in [0.3, 0.4) is 0 Å². The Bertz CT molecular complexity index is 437. The van der Waals surface area contributed by atoms with Crippen molar-refractivity contribution in [2.24, 2.45) is 5.41 Å². The van der Waals surface area contributed by atoms with E-state index in [1.54, 1.807) is 0 Å². The van der Waals surface area contributed by atoms with Crippen LogP contribution in [0.5, 0.6) is 0 Å². The van der Waals surface area contributed by atoms with Gasteiger partial charge in [-0.2, -0.15) is 0 Å². The van der Waals surface area contributed by atoms with Crippen molar-refractivity contribution in [1.29, 1.82) is 0 Å². The average molecular weight is 245 g/mol. The zero-order chi connectivity index (χ0) is 13.0. The lowest BCUT2D eigenvalue weighted by Gasteiger charge is -2.28. The molecule has 2 rings (SSSR count). The standard InChI is InChI=1S/C15H19NO2/c1-15(2)10-8-13(9-11-15)18-14(17)16-12-6-4-3-5-7-12/h3-8,10,13H,9,11H2,1-2H3,(H,16,17). The molecule has 1 unspecified atom stereocenters. The van der Waals surface area contributed by atoms with Gasteiger partial charge in [0.25, 0.3) is 0 Å². The first kappa shape index (κ1) is 12.7. The zero-order valence-electron chi connectivity index (χ0n) is 10.8. The minimum absolute atomic E-state index is 0.110. The van der Waals surface area contributed by atoms with E-state index in [0.717, 1.165) is 18.5 Å². The maximum Gasteiger partial charge on any atom is 0.412 e. The lowest BCUT2D eigenvalue weighted by molar-refractivity contribution is 0.117. The summed E-state index contributed by atoms with van der Waals surface area (Å²) in [5.74, 6) is 0. The van der Waals surface area contributed by atoms with Crippen LogP contribution in [0, 0.1) is 5.41 Å². The molecule has 1 N–H and O–H groups in total. The molecule has 1 aliphatic carbocycles. The van der Waals surface area contributed by atoms with Gasteiger partial charge in [0.15, 0.2) is 0 Å². The van der Waals surface area contributed by atoms with Crippen LogP contribution >= 0.6 is 0 Å². The van der Waals surface area contributed by atoms with Gasteiger partial charge < -0.3 is 4.74 Å². The van der Waals surface area contributed by atoms with Gasteiger partial charge in [0.2, 0.25) is 0 Å². The molecule has 0 saturated carbocycles. The van der Waals surface area contributed by atoms with Crippen LogP contribution in [-0.2, 0) is 4.74 Å². The predicted molar refractivity (Wildman–Crippen MR) is 72.5 cm³/mol. The molecule has 0 spiro atoms. The maximum atomic E-state index is 11.7. The van der Waals surface area contributed by atoms with Crippen molar-refractivity contribution in [1.82, 2.24) is 0 Å². The number of amides is 1. The highest BCUT2D eigenvalue weighted by molar-refractivity contribution is 5.84. The summed E-state index contributed by atoms with van der Waals surface area (Å²) in [6.45, 7) is 4.37. The highest BCUT2D eigenvalue weighted by Gasteiger charge is 2.23. The summed E-state index contributed by atoms with van der Waals surface area (Å²) < 4.78 is 5.35. The first-order valence-corrected chi connectivity index (χ1v) is 6.27. The van der Waals surface area contributed by atoms with Crippen LogP contribution < -0.4 is 5.32 Å². The van der Waals surface area contributed by atoms with Crippen LogP contribution in [0.1, 0.15) is 26.7 Å². The molecule has 0 heterocycles. The zero-order valence-corrected chi connectivity index (χ0v) is 10.8. The third-order valence-corrected chi connectivity index (χ3v) is 3.11. The number of allylic oxidation sites excluding steroid dienone is 1. The van der Waals surface area contributed by atoms with Crippen molar-refractivity contribution >= 4 is 11.8 Å². The second kappa shape index (κ2) is 5.25. The summed E-state index contributed by atoms with van der Waals surface area (Å²) in [5, 5.41) is 2.71. The summed E-state index contributed by atoms with van der Waals surface area (Å²) in [7, 11) is 0. The van der Waals surface area contributed by atoms with Gasteiger partial charge in [-0.3, -0.25) is 5.32 Å². The summed E-state index contributed by atoms with van der Waals surface area (Å²) in [4.78, 5) is 11.7. The van der Waals surface area contributed by atoms with Crippen molar-refractivity contribution in [2.45, 2.75) is 32.8 Å². The number of ether oxygens (including phenoxy) is 1. The van der Waals surface area contributed by atoms with Gasteiger partial charge in [0, 0.05) is 5.69 Å². The molecule has 0 aromatic heterocycles. The molecular formula is C15H19NO2. The van der Waals surface area contributed by atoms with Gasteiger partial charge in [-0.1, -0.05) is 38.1 Å². The van der Waals surface area contributed by atoms with E-state index in [9.17, 15) is 4.79 Å². The normalized spacial score (nSPS) is 21.3. The third-order valence-electron chi connectivity index (χ3n) is 3.11. The summed E-state index contributed by atoms with van der Waals surface area (Å²) in [6.07, 6.45) is 5.51. The van der Waals surface area contributed by atoms with E-state index in [2.05, 4.69) is 25.2 Å². The van der Waals surface area contributed by atoms with Crippen molar-refractivity contribution in [3.63, 3.8) is 0 Å². The van der Waals surface area contributed by atoms with Crippen LogP contribution in [0.25, 0.3) is 0 Å². The van der Waals surface area contributed by atoms with Crippen LogP contribution in [0.2, 0.25) is 0 Å². The molecule has 0 fully saturated rings. The number of hydrogen-bond donors (Lipinski definition) is 1. The van der Waals surface area contributed by atoms with Crippen LogP contribution in [0.15, 0.2) is 42.5 Å². The van der Waals surface area contributed by atoms with Crippen molar-refractivity contribution in [2.75, 3.05) is 5.32 Å².